The fraction of sp³-hybridized carbons (Fsp3) is 0.192. The number of benzene rings is 3. The normalized spacial score (nSPS) is 11.0. The largest absolute Gasteiger partial charge is 0.355 e. The standard InChI is InChI=1S/C26H24ClN3O2S/c1-17-6-5-9-23(18(17)2)30-25(32)21-7-3-4-8-22(21)29-26(30)33-16-24(31)28-15-14-19-10-12-20(27)13-11-19/h3-13H,14-16H2,1-2H3,(H,28,31). The van der Waals surface area contributed by atoms with Crippen LogP contribution in [0.3, 0.4) is 0 Å². The van der Waals surface area contributed by atoms with Gasteiger partial charge in [-0.15, -0.1) is 0 Å². The Balaban J connectivity index is 1.55. The van der Waals surface area contributed by atoms with Crippen LogP contribution in [-0.4, -0.2) is 27.8 Å². The number of aromatic nitrogens is 2. The lowest BCUT2D eigenvalue weighted by Gasteiger charge is -2.16. The van der Waals surface area contributed by atoms with Gasteiger partial charge < -0.3 is 5.32 Å². The topological polar surface area (TPSA) is 64.0 Å². The molecular weight excluding hydrogens is 454 g/mol. The van der Waals surface area contributed by atoms with Gasteiger partial charge in [-0.3, -0.25) is 14.2 Å². The summed E-state index contributed by atoms with van der Waals surface area (Å²) >= 11 is 7.18. The lowest BCUT2D eigenvalue weighted by Crippen LogP contribution is -2.28. The van der Waals surface area contributed by atoms with Crippen LogP contribution in [0.15, 0.2) is 76.7 Å². The molecule has 1 N–H and O–H groups in total. The van der Waals surface area contributed by atoms with Gasteiger partial charge in [0.25, 0.3) is 5.56 Å². The third-order valence-electron chi connectivity index (χ3n) is 5.54. The van der Waals surface area contributed by atoms with Crippen molar-refractivity contribution in [3.63, 3.8) is 0 Å². The van der Waals surface area contributed by atoms with Gasteiger partial charge >= 0.3 is 0 Å². The zero-order valence-electron chi connectivity index (χ0n) is 18.5. The molecule has 1 heterocycles. The van der Waals surface area contributed by atoms with Crippen molar-refractivity contribution < 1.29 is 4.79 Å². The van der Waals surface area contributed by atoms with E-state index in [9.17, 15) is 9.59 Å². The van der Waals surface area contributed by atoms with Crippen LogP contribution in [0.1, 0.15) is 16.7 Å². The lowest BCUT2D eigenvalue weighted by atomic mass is 10.1. The molecule has 0 atom stereocenters. The number of fused-ring (bicyclic) bond motifs is 1. The average molecular weight is 478 g/mol. The molecular formula is C26H24ClN3O2S. The molecule has 0 aliphatic carbocycles. The molecule has 0 radical (unpaired) electrons. The van der Waals surface area contributed by atoms with Gasteiger partial charge in [0, 0.05) is 11.6 Å². The van der Waals surface area contributed by atoms with Crippen molar-refractivity contribution in [2.75, 3.05) is 12.3 Å². The number of hydrogen-bond donors (Lipinski definition) is 1. The molecule has 0 saturated heterocycles. The SMILES string of the molecule is Cc1cccc(-n2c(SCC(=O)NCCc3ccc(Cl)cc3)nc3ccccc3c2=O)c1C. The van der Waals surface area contributed by atoms with Gasteiger partial charge in [-0.05, 0) is 67.3 Å². The number of hydrogen-bond acceptors (Lipinski definition) is 4. The highest BCUT2D eigenvalue weighted by atomic mass is 35.5. The first-order valence-corrected chi connectivity index (χ1v) is 12.0. The summed E-state index contributed by atoms with van der Waals surface area (Å²) in [5, 5.41) is 4.68. The molecule has 4 aromatic rings. The second-order valence-electron chi connectivity index (χ2n) is 7.79. The van der Waals surface area contributed by atoms with Gasteiger partial charge in [0.15, 0.2) is 5.16 Å². The van der Waals surface area contributed by atoms with Crippen LogP contribution in [0.5, 0.6) is 0 Å². The van der Waals surface area contributed by atoms with Crippen LogP contribution in [0.2, 0.25) is 5.02 Å². The van der Waals surface area contributed by atoms with Crippen LogP contribution in [-0.2, 0) is 11.2 Å². The van der Waals surface area contributed by atoms with Gasteiger partial charge in [-0.25, -0.2) is 4.98 Å². The van der Waals surface area contributed by atoms with E-state index in [0.717, 1.165) is 28.8 Å². The van der Waals surface area contributed by atoms with Gasteiger partial charge in [0.1, 0.15) is 0 Å². The van der Waals surface area contributed by atoms with Crippen LogP contribution in [0, 0.1) is 13.8 Å². The summed E-state index contributed by atoms with van der Waals surface area (Å²) < 4.78 is 1.62. The molecule has 168 valence electrons. The van der Waals surface area contributed by atoms with E-state index in [1.54, 1.807) is 10.6 Å². The van der Waals surface area contributed by atoms with Crippen LogP contribution >= 0.6 is 23.4 Å². The summed E-state index contributed by atoms with van der Waals surface area (Å²) in [4.78, 5) is 30.6. The number of carbonyl (C=O) groups excluding carboxylic acids is 1. The van der Waals surface area contributed by atoms with Gasteiger partial charge in [-0.2, -0.15) is 0 Å². The Morgan fingerprint density at radius 2 is 1.79 bits per heavy atom. The highest BCUT2D eigenvalue weighted by molar-refractivity contribution is 7.99. The van der Waals surface area contributed by atoms with Crippen LogP contribution in [0.4, 0.5) is 0 Å². The molecule has 0 spiro atoms. The second kappa shape index (κ2) is 10.2. The predicted octanol–water partition coefficient (Wildman–Crippen LogP) is 5.11. The monoisotopic (exact) mass is 477 g/mol. The number of rotatable bonds is 7. The average Bonchev–Trinajstić information content (AvgIpc) is 2.81. The van der Waals surface area contributed by atoms with E-state index in [1.807, 2.05) is 74.5 Å². The first kappa shape index (κ1) is 23.1. The Bertz CT molecular complexity index is 1370. The number of amides is 1. The molecule has 7 heteroatoms. The highest BCUT2D eigenvalue weighted by Crippen LogP contribution is 2.24. The Kier molecular flexibility index (Phi) is 7.16. The third kappa shape index (κ3) is 5.29. The number of para-hydroxylation sites is 1. The van der Waals surface area contributed by atoms with E-state index in [2.05, 4.69) is 5.32 Å². The Morgan fingerprint density at radius 3 is 2.58 bits per heavy atom. The van der Waals surface area contributed by atoms with Crippen molar-refractivity contribution >= 4 is 40.2 Å². The maximum Gasteiger partial charge on any atom is 0.266 e. The molecule has 33 heavy (non-hydrogen) atoms. The molecule has 0 aliphatic rings. The van der Waals surface area contributed by atoms with Crippen molar-refractivity contribution in [1.82, 2.24) is 14.9 Å². The summed E-state index contributed by atoms with van der Waals surface area (Å²) in [7, 11) is 0. The first-order chi connectivity index (χ1) is 15.9. The van der Waals surface area contributed by atoms with Crippen molar-refractivity contribution in [3.05, 3.63) is 98.8 Å². The summed E-state index contributed by atoms with van der Waals surface area (Å²) in [5.74, 6) is 0.0554. The predicted molar refractivity (Wildman–Crippen MR) is 136 cm³/mol. The fourth-order valence-corrected chi connectivity index (χ4v) is 4.54. The zero-order valence-corrected chi connectivity index (χ0v) is 20.0. The third-order valence-corrected chi connectivity index (χ3v) is 6.73. The Morgan fingerprint density at radius 1 is 1.03 bits per heavy atom. The molecule has 0 unspecified atom stereocenters. The number of carbonyl (C=O) groups is 1. The molecule has 0 fully saturated rings. The minimum absolute atomic E-state index is 0.108. The number of aryl methyl sites for hydroxylation is 1. The highest BCUT2D eigenvalue weighted by Gasteiger charge is 2.16. The summed E-state index contributed by atoms with van der Waals surface area (Å²) in [5.41, 5.74) is 4.46. The molecule has 3 aromatic carbocycles. The first-order valence-electron chi connectivity index (χ1n) is 10.7. The quantitative estimate of drug-likeness (QED) is 0.297. The molecule has 0 saturated carbocycles. The van der Waals surface area contributed by atoms with E-state index < -0.39 is 0 Å². The van der Waals surface area contributed by atoms with E-state index in [1.165, 1.54) is 11.8 Å². The van der Waals surface area contributed by atoms with Crippen molar-refractivity contribution in [2.45, 2.75) is 25.4 Å². The molecule has 1 aromatic heterocycles. The minimum atomic E-state index is -0.139. The summed E-state index contributed by atoms with van der Waals surface area (Å²) in [6, 6.07) is 20.7. The van der Waals surface area contributed by atoms with E-state index >= 15 is 0 Å². The number of nitrogens with one attached hydrogen (secondary N) is 1. The summed E-state index contributed by atoms with van der Waals surface area (Å²) in [6.45, 7) is 4.53. The molecule has 0 aliphatic heterocycles. The fourth-order valence-electron chi connectivity index (χ4n) is 3.58. The smallest absolute Gasteiger partial charge is 0.266 e. The maximum atomic E-state index is 13.4. The molecule has 0 bridgehead atoms. The Labute approximate surface area is 201 Å². The lowest BCUT2D eigenvalue weighted by molar-refractivity contribution is -0.118. The molecule has 1 amide bonds. The molecule has 5 nitrogen and oxygen atoms in total. The number of nitrogens with zero attached hydrogens (tertiary/aromatic N) is 2. The van der Waals surface area contributed by atoms with E-state index in [0.29, 0.717) is 27.6 Å². The van der Waals surface area contributed by atoms with Gasteiger partial charge in [0.2, 0.25) is 5.91 Å². The van der Waals surface area contributed by atoms with E-state index in [4.69, 9.17) is 16.6 Å². The van der Waals surface area contributed by atoms with Crippen molar-refractivity contribution in [3.8, 4) is 5.69 Å². The Hall–Kier alpha value is -3.09. The summed E-state index contributed by atoms with van der Waals surface area (Å²) in [6.07, 6.45) is 0.717. The maximum absolute atomic E-state index is 13.4. The van der Waals surface area contributed by atoms with Crippen molar-refractivity contribution in [2.24, 2.45) is 0 Å². The van der Waals surface area contributed by atoms with Gasteiger partial charge in [0.05, 0.1) is 22.3 Å². The molecule has 4 rings (SSSR count). The zero-order chi connectivity index (χ0) is 23.4. The number of halogens is 1. The van der Waals surface area contributed by atoms with E-state index in [-0.39, 0.29) is 17.2 Å². The van der Waals surface area contributed by atoms with Gasteiger partial charge in [-0.1, -0.05) is 59.8 Å². The van der Waals surface area contributed by atoms with Crippen LogP contribution in [0.25, 0.3) is 16.6 Å². The van der Waals surface area contributed by atoms with Crippen LogP contribution < -0.4 is 10.9 Å². The van der Waals surface area contributed by atoms with Crippen molar-refractivity contribution in [1.29, 1.82) is 0 Å². The number of thioether (sulfide) groups is 1. The second-order valence-corrected chi connectivity index (χ2v) is 9.17. The minimum Gasteiger partial charge on any atom is -0.355 e.